The summed E-state index contributed by atoms with van der Waals surface area (Å²) in [6, 6.07) is 15.4. The summed E-state index contributed by atoms with van der Waals surface area (Å²) in [5.41, 5.74) is 10.1. The SMILES string of the molecule is N=Cc1c(NCCc2ccc(-c3ccc[n+](O)c3)cc2)nc(N)n2nc(-c3ccco3)nc12. The lowest BCUT2D eigenvalue weighted by Gasteiger charge is -2.10. The van der Waals surface area contributed by atoms with E-state index in [4.69, 9.17) is 15.6 Å². The molecule has 0 bridgehead atoms. The van der Waals surface area contributed by atoms with Gasteiger partial charge in [-0.15, -0.1) is 5.10 Å². The minimum atomic E-state index is 0.164. The van der Waals surface area contributed by atoms with Gasteiger partial charge in [0.25, 0.3) is 0 Å². The van der Waals surface area contributed by atoms with Gasteiger partial charge in [-0.25, -0.2) is 4.98 Å². The molecule has 0 saturated heterocycles. The molecule has 4 aromatic heterocycles. The lowest BCUT2D eigenvalue weighted by atomic mass is 10.0. The van der Waals surface area contributed by atoms with Crippen molar-refractivity contribution in [1.82, 2.24) is 19.6 Å². The Balaban J connectivity index is 1.33. The average Bonchev–Trinajstić information content (AvgIpc) is 3.50. The molecular weight excluding hydrogens is 420 g/mol. The van der Waals surface area contributed by atoms with Crippen molar-refractivity contribution in [2.24, 2.45) is 0 Å². The van der Waals surface area contributed by atoms with E-state index in [1.807, 2.05) is 30.3 Å². The fourth-order valence-electron chi connectivity index (χ4n) is 3.58. The molecule has 0 unspecified atom stereocenters. The van der Waals surface area contributed by atoms with Crippen LogP contribution in [0.3, 0.4) is 0 Å². The van der Waals surface area contributed by atoms with Crippen LogP contribution in [0, 0.1) is 5.41 Å². The van der Waals surface area contributed by atoms with Gasteiger partial charge in [-0.3, -0.25) is 5.21 Å². The Morgan fingerprint density at radius 3 is 2.70 bits per heavy atom. The van der Waals surface area contributed by atoms with Gasteiger partial charge < -0.3 is 20.9 Å². The Hall–Kier alpha value is -4.73. The van der Waals surface area contributed by atoms with Gasteiger partial charge in [-0.1, -0.05) is 24.3 Å². The molecule has 10 heteroatoms. The van der Waals surface area contributed by atoms with Crippen molar-refractivity contribution in [2.45, 2.75) is 6.42 Å². The first kappa shape index (κ1) is 20.2. The Kier molecular flexibility index (Phi) is 5.15. The van der Waals surface area contributed by atoms with Crippen LogP contribution < -0.4 is 15.8 Å². The average molecular weight is 441 g/mol. The van der Waals surface area contributed by atoms with Crippen molar-refractivity contribution >= 4 is 23.6 Å². The minimum Gasteiger partial charge on any atom is -0.461 e. The van der Waals surface area contributed by atoms with Crippen LogP contribution in [0.1, 0.15) is 11.1 Å². The summed E-state index contributed by atoms with van der Waals surface area (Å²) in [7, 11) is 0. The summed E-state index contributed by atoms with van der Waals surface area (Å²) < 4.78 is 7.81. The molecule has 0 aliphatic heterocycles. The normalized spacial score (nSPS) is 11.0. The third-order valence-corrected chi connectivity index (χ3v) is 5.21. The highest BCUT2D eigenvalue weighted by molar-refractivity contribution is 5.93. The molecule has 4 heterocycles. The first-order valence-electron chi connectivity index (χ1n) is 10.3. The number of nitrogens with zero attached hydrogens (tertiary/aromatic N) is 5. The molecule has 0 fully saturated rings. The fourth-order valence-corrected chi connectivity index (χ4v) is 3.58. The number of benzene rings is 1. The van der Waals surface area contributed by atoms with Crippen LogP contribution in [0.2, 0.25) is 0 Å². The predicted octanol–water partition coefficient (Wildman–Crippen LogP) is 2.81. The van der Waals surface area contributed by atoms with E-state index in [1.165, 1.54) is 10.7 Å². The van der Waals surface area contributed by atoms with E-state index in [0.29, 0.717) is 35.2 Å². The van der Waals surface area contributed by atoms with Crippen LogP contribution in [0.5, 0.6) is 0 Å². The molecule has 0 aliphatic rings. The lowest BCUT2D eigenvalue weighted by Crippen LogP contribution is -2.28. The molecule has 0 amide bonds. The zero-order chi connectivity index (χ0) is 22.8. The number of hydrogen-bond donors (Lipinski definition) is 4. The second kappa shape index (κ2) is 8.42. The van der Waals surface area contributed by atoms with Gasteiger partial charge in [0.05, 0.1) is 17.4 Å². The molecule has 0 spiro atoms. The second-order valence-corrected chi connectivity index (χ2v) is 7.37. The van der Waals surface area contributed by atoms with Crippen molar-refractivity contribution < 1.29 is 14.4 Å². The number of furan rings is 1. The Bertz CT molecular complexity index is 1430. The summed E-state index contributed by atoms with van der Waals surface area (Å²) in [4.78, 5) is 8.86. The van der Waals surface area contributed by atoms with Gasteiger partial charge in [0, 0.05) is 23.6 Å². The molecule has 0 atom stereocenters. The summed E-state index contributed by atoms with van der Waals surface area (Å²) in [5.74, 6) is 1.52. The molecule has 0 aliphatic carbocycles. The monoisotopic (exact) mass is 441 g/mol. The molecule has 0 radical (unpaired) electrons. The van der Waals surface area contributed by atoms with Crippen molar-refractivity contribution in [3.05, 3.63) is 78.3 Å². The van der Waals surface area contributed by atoms with Crippen LogP contribution in [0.4, 0.5) is 11.8 Å². The summed E-state index contributed by atoms with van der Waals surface area (Å²) >= 11 is 0. The van der Waals surface area contributed by atoms with Gasteiger partial charge in [0.1, 0.15) is 5.82 Å². The highest BCUT2D eigenvalue weighted by Gasteiger charge is 2.17. The van der Waals surface area contributed by atoms with Gasteiger partial charge in [-0.05, 0) is 35.7 Å². The molecule has 1 aromatic carbocycles. The standard InChI is InChI=1S/C23H21N8O2/c24-13-18-20(28-23(25)31-22(18)27-21(29-31)19-4-2-12-33-19)26-10-9-15-5-7-16(8-6-15)17-3-1-11-30(32)14-17/h1-8,11-14,24,26,32H,9-10H2,(H2,25,28)/q+1. The van der Waals surface area contributed by atoms with E-state index in [-0.39, 0.29) is 5.95 Å². The highest BCUT2D eigenvalue weighted by Crippen LogP contribution is 2.23. The minimum absolute atomic E-state index is 0.164. The molecule has 5 aromatic rings. The number of nitrogens with two attached hydrogens (primary N) is 1. The number of anilines is 2. The molecule has 33 heavy (non-hydrogen) atoms. The first-order valence-corrected chi connectivity index (χ1v) is 10.3. The lowest BCUT2D eigenvalue weighted by molar-refractivity contribution is -0.904. The Morgan fingerprint density at radius 1 is 1.12 bits per heavy atom. The van der Waals surface area contributed by atoms with Gasteiger partial charge in [0.2, 0.25) is 24.2 Å². The zero-order valence-electron chi connectivity index (χ0n) is 17.5. The molecule has 5 rings (SSSR count). The second-order valence-electron chi connectivity index (χ2n) is 7.37. The van der Waals surface area contributed by atoms with Gasteiger partial charge in [0.15, 0.2) is 11.4 Å². The first-order chi connectivity index (χ1) is 16.1. The molecule has 5 N–H and O–H groups in total. The quantitative estimate of drug-likeness (QED) is 0.173. The van der Waals surface area contributed by atoms with Crippen molar-refractivity contribution in [2.75, 3.05) is 17.6 Å². The molecule has 0 saturated carbocycles. The maximum absolute atomic E-state index is 9.59. The van der Waals surface area contributed by atoms with Crippen LogP contribution in [0.25, 0.3) is 28.4 Å². The zero-order valence-corrected chi connectivity index (χ0v) is 17.5. The highest BCUT2D eigenvalue weighted by atomic mass is 16.5. The topological polar surface area (TPSA) is 142 Å². The number of pyridine rings is 1. The van der Waals surface area contributed by atoms with Gasteiger partial charge >= 0.3 is 0 Å². The molecule has 10 nitrogen and oxygen atoms in total. The number of nitrogens with one attached hydrogen (secondary N) is 2. The largest absolute Gasteiger partial charge is 0.461 e. The smallest absolute Gasteiger partial charge is 0.230 e. The van der Waals surface area contributed by atoms with Crippen LogP contribution in [-0.2, 0) is 6.42 Å². The summed E-state index contributed by atoms with van der Waals surface area (Å²) in [6.07, 6.45) is 6.70. The predicted molar refractivity (Wildman–Crippen MR) is 122 cm³/mol. The van der Waals surface area contributed by atoms with E-state index in [2.05, 4.69) is 20.4 Å². The van der Waals surface area contributed by atoms with Crippen molar-refractivity contribution in [1.29, 1.82) is 5.41 Å². The van der Waals surface area contributed by atoms with E-state index in [9.17, 15) is 5.21 Å². The number of aromatic nitrogens is 5. The van der Waals surface area contributed by atoms with E-state index >= 15 is 0 Å². The molecular formula is C23H21N8O2+. The summed E-state index contributed by atoms with van der Waals surface area (Å²) in [5, 5.41) is 25.1. The van der Waals surface area contributed by atoms with Crippen LogP contribution >= 0.6 is 0 Å². The number of fused-ring (bicyclic) bond motifs is 1. The van der Waals surface area contributed by atoms with Crippen molar-refractivity contribution in [3.8, 4) is 22.7 Å². The van der Waals surface area contributed by atoms with Gasteiger partial charge in [-0.2, -0.15) is 9.50 Å². The van der Waals surface area contributed by atoms with Crippen molar-refractivity contribution in [3.63, 3.8) is 0 Å². The van der Waals surface area contributed by atoms with E-state index < -0.39 is 0 Å². The number of nitrogen functional groups attached to an aromatic ring is 1. The van der Waals surface area contributed by atoms with E-state index in [1.54, 1.807) is 36.9 Å². The van der Waals surface area contributed by atoms with E-state index in [0.717, 1.165) is 27.8 Å². The number of rotatable bonds is 7. The summed E-state index contributed by atoms with van der Waals surface area (Å²) in [6.45, 7) is 0.587. The Morgan fingerprint density at radius 2 is 1.97 bits per heavy atom. The van der Waals surface area contributed by atoms with Crippen LogP contribution in [0.15, 0.2) is 71.6 Å². The van der Waals surface area contributed by atoms with Crippen LogP contribution in [-0.4, -0.2) is 37.5 Å². The molecule has 164 valence electrons. The fraction of sp³-hybridized carbons (Fsp3) is 0.0870. The third-order valence-electron chi connectivity index (χ3n) is 5.21. The Labute approximate surface area is 188 Å². The third kappa shape index (κ3) is 3.97. The number of hydrogen-bond acceptors (Lipinski definition) is 8. The maximum Gasteiger partial charge on any atom is 0.230 e. The maximum atomic E-state index is 9.59.